The SMILES string of the molecule is COCC(=O)N(CC(=O)Nc1nc(-c2ccccc2)cn1-c1ccc(C)c(C)c1)Cc1ccccc1. The predicted molar refractivity (Wildman–Crippen MR) is 141 cm³/mol. The van der Waals surface area contributed by atoms with Gasteiger partial charge < -0.3 is 9.64 Å². The number of aryl methyl sites for hydroxylation is 2. The highest BCUT2D eigenvalue weighted by atomic mass is 16.5. The maximum absolute atomic E-state index is 13.2. The first kappa shape index (κ1) is 24.9. The largest absolute Gasteiger partial charge is 0.375 e. The van der Waals surface area contributed by atoms with Gasteiger partial charge in [-0.15, -0.1) is 0 Å². The second kappa shape index (κ2) is 11.5. The van der Waals surface area contributed by atoms with Crippen LogP contribution in [0.1, 0.15) is 16.7 Å². The van der Waals surface area contributed by atoms with Crippen LogP contribution >= 0.6 is 0 Å². The van der Waals surface area contributed by atoms with Crippen LogP contribution in [-0.2, 0) is 20.9 Å². The van der Waals surface area contributed by atoms with Crippen molar-refractivity contribution in [3.05, 3.63) is 102 Å². The standard InChI is InChI=1S/C29H30N4O3/c1-21-14-15-25(16-22(21)2)33-18-26(24-12-8-5-9-13-24)30-29(33)31-27(34)19-32(28(35)20-36-3)17-23-10-6-4-7-11-23/h4-16,18H,17,19-20H2,1-3H3,(H,30,31,34). The highest BCUT2D eigenvalue weighted by Crippen LogP contribution is 2.25. The summed E-state index contributed by atoms with van der Waals surface area (Å²) in [6.07, 6.45) is 1.91. The molecule has 7 nitrogen and oxygen atoms in total. The number of imidazole rings is 1. The topological polar surface area (TPSA) is 76.5 Å². The van der Waals surface area contributed by atoms with E-state index in [2.05, 4.69) is 25.2 Å². The molecular weight excluding hydrogens is 452 g/mol. The molecule has 0 aliphatic heterocycles. The predicted octanol–water partition coefficient (Wildman–Crippen LogP) is 4.77. The molecule has 2 amide bonds. The van der Waals surface area contributed by atoms with E-state index in [1.165, 1.54) is 17.6 Å². The van der Waals surface area contributed by atoms with Crippen molar-refractivity contribution in [1.82, 2.24) is 14.5 Å². The van der Waals surface area contributed by atoms with E-state index in [1.807, 2.05) is 83.6 Å². The summed E-state index contributed by atoms with van der Waals surface area (Å²) in [7, 11) is 1.46. The van der Waals surface area contributed by atoms with Crippen molar-refractivity contribution in [2.75, 3.05) is 25.6 Å². The van der Waals surface area contributed by atoms with Crippen molar-refractivity contribution >= 4 is 17.8 Å². The number of benzene rings is 3. The summed E-state index contributed by atoms with van der Waals surface area (Å²) in [5.74, 6) is -0.217. The van der Waals surface area contributed by atoms with Crippen molar-refractivity contribution in [3.8, 4) is 16.9 Å². The van der Waals surface area contributed by atoms with Crippen LogP contribution in [0.5, 0.6) is 0 Å². The molecule has 0 saturated heterocycles. The van der Waals surface area contributed by atoms with Crippen LogP contribution in [0.4, 0.5) is 5.95 Å². The molecule has 36 heavy (non-hydrogen) atoms. The minimum absolute atomic E-state index is 0.102. The summed E-state index contributed by atoms with van der Waals surface area (Å²) in [6.45, 7) is 4.18. The Balaban J connectivity index is 1.62. The number of carbonyl (C=O) groups is 2. The van der Waals surface area contributed by atoms with Crippen molar-refractivity contribution in [2.45, 2.75) is 20.4 Å². The molecule has 0 bridgehead atoms. The molecule has 0 aliphatic carbocycles. The Hall–Kier alpha value is -4.23. The Bertz CT molecular complexity index is 1330. The Morgan fingerprint density at radius 3 is 2.31 bits per heavy atom. The molecule has 0 saturated carbocycles. The lowest BCUT2D eigenvalue weighted by atomic mass is 10.1. The van der Waals surface area contributed by atoms with Gasteiger partial charge in [0.15, 0.2) is 0 Å². The van der Waals surface area contributed by atoms with Gasteiger partial charge in [-0.2, -0.15) is 0 Å². The van der Waals surface area contributed by atoms with Crippen LogP contribution in [-0.4, -0.2) is 46.5 Å². The zero-order valence-electron chi connectivity index (χ0n) is 20.8. The molecule has 4 aromatic rings. The van der Waals surface area contributed by atoms with Crippen LogP contribution < -0.4 is 5.32 Å². The fourth-order valence-corrected chi connectivity index (χ4v) is 3.88. The van der Waals surface area contributed by atoms with Gasteiger partial charge in [-0.25, -0.2) is 4.98 Å². The number of hydrogen-bond donors (Lipinski definition) is 1. The number of nitrogens with one attached hydrogen (secondary N) is 1. The molecule has 184 valence electrons. The fourth-order valence-electron chi connectivity index (χ4n) is 3.88. The van der Waals surface area contributed by atoms with Crippen LogP contribution in [0, 0.1) is 13.8 Å². The highest BCUT2D eigenvalue weighted by molar-refractivity contribution is 5.94. The first-order valence-electron chi connectivity index (χ1n) is 11.8. The Kier molecular flexibility index (Phi) is 7.92. The van der Waals surface area contributed by atoms with Crippen molar-refractivity contribution in [1.29, 1.82) is 0 Å². The zero-order valence-corrected chi connectivity index (χ0v) is 20.8. The van der Waals surface area contributed by atoms with Crippen molar-refractivity contribution < 1.29 is 14.3 Å². The third kappa shape index (κ3) is 6.06. The van der Waals surface area contributed by atoms with Crippen LogP contribution in [0.3, 0.4) is 0 Å². The fraction of sp³-hybridized carbons (Fsp3) is 0.207. The third-order valence-corrected chi connectivity index (χ3v) is 5.97. The van der Waals surface area contributed by atoms with Gasteiger partial charge in [0.1, 0.15) is 13.2 Å². The van der Waals surface area contributed by atoms with E-state index in [-0.39, 0.29) is 25.0 Å². The molecule has 1 heterocycles. The summed E-state index contributed by atoms with van der Waals surface area (Å²) in [5.41, 5.74) is 5.81. The highest BCUT2D eigenvalue weighted by Gasteiger charge is 2.20. The molecule has 0 atom stereocenters. The first-order valence-corrected chi connectivity index (χ1v) is 11.8. The molecule has 0 unspecified atom stereocenters. The molecule has 3 aromatic carbocycles. The second-order valence-electron chi connectivity index (χ2n) is 8.67. The monoisotopic (exact) mass is 482 g/mol. The van der Waals surface area contributed by atoms with E-state index >= 15 is 0 Å². The second-order valence-corrected chi connectivity index (χ2v) is 8.67. The molecule has 0 aliphatic rings. The average Bonchev–Trinajstić information content (AvgIpc) is 3.30. The smallest absolute Gasteiger partial charge is 0.249 e. The van der Waals surface area contributed by atoms with E-state index in [9.17, 15) is 9.59 Å². The molecule has 4 rings (SSSR count). The number of ether oxygens (including phenoxy) is 1. The number of methoxy groups -OCH3 is 1. The Morgan fingerprint density at radius 1 is 0.944 bits per heavy atom. The normalized spacial score (nSPS) is 10.8. The molecule has 0 radical (unpaired) electrons. The first-order chi connectivity index (χ1) is 17.4. The number of hydrogen-bond acceptors (Lipinski definition) is 4. The van der Waals surface area contributed by atoms with Gasteiger partial charge in [-0.3, -0.25) is 19.5 Å². The number of aromatic nitrogens is 2. The lowest BCUT2D eigenvalue weighted by molar-refractivity contribution is -0.138. The Morgan fingerprint density at radius 2 is 1.64 bits per heavy atom. The lowest BCUT2D eigenvalue weighted by Crippen LogP contribution is -2.39. The van der Waals surface area contributed by atoms with E-state index in [1.54, 1.807) is 0 Å². The molecule has 1 aromatic heterocycles. The van der Waals surface area contributed by atoms with Gasteiger partial charge in [0, 0.05) is 31.1 Å². The van der Waals surface area contributed by atoms with Crippen molar-refractivity contribution in [3.63, 3.8) is 0 Å². The summed E-state index contributed by atoms with van der Waals surface area (Å²) in [6, 6.07) is 25.5. The van der Waals surface area contributed by atoms with Crippen LogP contribution in [0.15, 0.2) is 85.1 Å². The van der Waals surface area contributed by atoms with Gasteiger partial charge in [-0.05, 0) is 42.7 Å². The summed E-state index contributed by atoms with van der Waals surface area (Å²) in [4.78, 5) is 32.1. The number of carbonyl (C=O) groups excluding carboxylic acids is 2. The van der Waals surface area contributed by atoms with Crippen LogP contribution in [0.25, 0.3) is 16.9 Å². The molecule has 7 heteroatoms. The van der Waals surface area contributed by atoms with Gasteiger partial charge in [-0.1, -0.05) is 66.7 Å². The quantitative estimate of drug-likeness (QED) is 0.373. The minimum atomic E-state index is -0.342. The number of amides is 2. The van der Waals surface area contributed by atoms with E-state index < -0.39 is 0 Å². The lowest BCUT2D eigenvalue weighted by Gasteiger charge is -2.22. The molecule has 0 spiro atoms. The summed E-state index contributed by atoms with van der Waals surface area (Å²) >= 11 is 0. The van der Waals surface area contributed by atoms with Crippen molar-refractivity contribution in [2.24, 2.45) is 0 Å². The third-order valence-electron chi connectivity index (χ3n) is 5.97. The minimum Gasteiger partial charge on any atom is -0.375 e. The molecule has 0 fully saturated rings. The molecular formula is C29H30N4O3. The number of nitrogens with zero attached hydrogens (tertiary/aromatic N) is 3. The van der Waals surface area contributed by atoms with Gasteiger partial charge in [0.2, 0.25) is 17.8 Å². The van der Waals surface area contributed by atoms with E-state index in [0.717, 1.165) is 28.1 Å². The van der Waals surface area contributed by atoms with Gasteiger partial charge in [0.05, 0.1) is 5.69 Å². The molecule has 1 N–H and O–H groups in total. The van der Waals surface area contributed by atoms with E-state index in [4.69, 9.17) is 9.72 Å². The number of rotatable bonds is 9. The van der Waals surface area contributed by atoms with E-state index in [0.29, 0.717) is 12.5 Å². The number of anilines is 1. The summed E-state index contributed by atoms with van der Waals surface area (Å²) < 4.78 is 6.90. The summed E-state index contributed by atoms with van der Waals surface area (Å²) in [5, 5.41) is 2.92. The zero-order chi connectivity index (χ0) is 25.5. The maximum atomic E-state index is 13.2. The van der Waals surface area contributed by atoms with Gasteiger partial charge in [0.25, 0.3) is 0 Å². The maximum Gasteiger partial charge on any atom is 0.249 e. The Labute approximate surface area is 211 Å². The van der Waals surface area contributed by atoms with Gasteiger partial charge >= 0.3 is 0 Å². The average molecular weight is 483 g/mol. The van der Waals surface area contributed by atoms with Crippen LogP contribution in [0.2, 0.25) is 0 Å².